The SMILES string of the molecule is O=C(O)C1NNC2=CC=CCCC21. The van der Waals surface area contributed by atoms with Gasteiger partial charge in [0.2, 0.25) is 0 Å². The summed E-state index contributed by atoms with van der Waals surface area (Å²) in [6.45, 7) is 0. The molecule has 1 fully saturated rings. The number of nitrogens with one attached hydrogen (secondary N) is 2. The van der Waals surface area contributed by atoms with Crippen LogP contribution in [0, 0.1) is 5.92 Å². The van der Waals surface area contributed by atoms with Gasteiger partial charge < -0.3 is 10.5 Å². The van der Waals surface area contributed by atoms with Crippen LogP contribution >= 0.6 is 0 Å². The summed E-state index contributed by atoms with van der Waals surface area (Å²) in [5.74, 6) is -0.699. The molecule has 0 aromatic carbocycles. The maximum absolute atomic E-state index is 10.8. The first-order valence-electron chi connectivity index (χ1n) is 4.40. The molecule has 70 valence electrons. The summed E-state index contributed by atoms with van der Waals surface area (Å²) in [7, 11) is 0. The van der Waals surface area contributed by atoms with Gasteiger partial charge in [-0.2, -0.15) is 0 Å². The summed E-state index contributed by atoms with van der Waals surface area (Å²) < 4.78 is 0. The molecule has 2 rings (SSSR count). The number of fused-ring (bicyclic) bond motifs is 1. The minimum atomic E-state index is -0.789. The molecule has 1 aliphatic carbocycles. The Morgan fingerprint density at radius 1 is 1.62 bits per heavy atom. The molecule has 0 aromatic heterocycles. The second kappa shape index (κ2) is 3.22. The summed E-state index contributed by atoms with van der Waals surface area (Å²) in [5.41, 5.74) is 6.67. The van der Waals surface area contributed by atoms with E-state index in [4.69, 9.17) is 5.11 Å². The summed E-state index contributed by atoms with van der Waals surface area (Å²) in [6, 6.07) is -0.480. The average Bonchev–Trinajstić information content (AvgIpc) is 2.36. The van der Waals surface area contributed by atoms with Crippen LogP contribution < -0.4 is 10.9 Å². The molecule has 4 heteroatoms. The van der Waals surface area contributed by atoms with Crippen LogP contribution in [0.2, 0.25) is 0 Å². The van der Waals surface area contributed by atoms with Gasteiger partial charge in [-0.25, -0.2) is 5.43 Å². The lowest BCUT2D eigenvalue weighted by Crippen LogP contribution is -2.38. The van der Waals surface area contributed by atoms with Gasteiger partial charge in [0.25, 0.3) is 0 Å². The third-order valence-electron chi connectivity index (χ3n) is 2.50. The molecule has 1 saturated heterocycles. The smallest absolute Gasteiger partial charge is 0.323 e. The van der Waals surface area contributed by atoms with Crippen LogP contribution in [0.1, 0.15) is 12.8 Å². The van der Waals surface area contributed by atoms with Gasteiger partial charge in [0, 0.05) is 11.6 Å². The maximum atomic E-state index is 10.8. The van der Waals surface area contributed by atoms with Gasteiger partial charge in [-0.1, -0.05) is 12.2 Å². The Morgan fingerprint density at radius 3 is 3.23 bits per heavy atom. The molecule has 0 bridgehead atoms. The van der Waals surface area contributed by atoms with Crippen LogP contribution in [0.3, 0.4) is 0 Å². The number of carboxylic acids is 1. The van der Waals surface area contributed by atoms with Crippen molar-refractivity contribution in [3.05, 3.63) is 23.9 Å². The fourth-order valence-corrected chi connectivity index (χ4v) is 1.80. The Balaban J connectivity index is 2.19. The maximum Gasteiger partial charge on any atom is 0.323 e. The van der Waals surface area contributed by atoms with Gasteiger partial charge in [-0.15, -0.1) is 0 Å². The third-order valence-corrected chi connectivity index (χ3v) is 2.50. The predicted octanol–water partition coefficient (Wildman–Crippen LogP) is 0.397. The first-order chi connectivity index (χ1) is 6.29. The van der Waals surface area contributed by atoms with E-state index in [1.807, 2.05) is 12.2 Å². The fraction of sp³-hybridized carbons (Fsp3) is 0.444. The molecule has 13 heavy (non-hydrogen) atoms. The van der Waals surface area contributed by atoms with E-state index in [1.165, 1.54) is 0 Å². The molecule has 2 aliphatic rings. The number of hydrazine groups is 1. The lowest BCUT2D eigenvalue weighted by molar-refractivity contribution is -0.140. The minimum absolute atomic E-state index is 0.0903. The molecule has 2 atom stereocenters. The summed E-state index contributed by atoms with van der Waals surface area (Å²) >= 11 is 0. The van der Waals surface area contributed by atoms with Crippen molar-refractivity contribution in [3.8, 4) is 0 Å². The standard InChI is InChI=1S/C9H12N2O2/c12-9(13)8-6-4-2-1-3-5-7(6)10-11-8/h1,3,5-6,8,10-11H,2,4H2,(H,12,13). The molecule has 3 N–H and O–H groups in total. The fourth-order valence-electron chi connectivity index (χ4n) is 1.80. The van der Waals surface area contributed by atoms with E-state index in [1.54, 1.807) is 0 Å². The van der Waals surface area contributed by atoms with Crippen molar-refractivity contribution in [3.63, 3.8) is 0 Å². The molecule has 1 heterocycles. The first-order valence-corrected chi connectivity index (χ1v) is 4.40. The largest absolute Gasteiger partial charge is 0.480 e. The molecular weight excluding hydrogens is 168 g/mol. The van der Waals surface area contributed by atoms with E-state index in [9.17, 15) is 4.79 Å². The van der Waals surface area contributed by atoms with Crippen molar-refractivity contribution in [1.29, 1.82) is 0 Å². The van der Waals surface area contributed by atoms with E-state index in [2.05, 4.69) is 16.9 Å². The third kappa shape index (κ3) is 1.45. The molecule has 0 spiro atoms. The zero-order valence-electron chi connectivity index (χ0n) is 7.16. The lowest BCUT2D eigenvalue weighted by Gasteiger charge is -2.12. The highest BCUT2D eigenvalue weighted by Crippen LogP contribution is 2.25. The van der Waals surface area contributed by atoms with E-state index >= 15 is 0 Å². The van der Waals surface area contributed by atoms with Crippen molar-refractivity contribution < 1.29 is 9.90 Å². The minimum Gasteiger partial charge on any atom is -0.480 e. The zero-order chi connectivity index (χ0) is 9.26. The number of rotatable bonds is 1. The number of aliphatic carboxylic acids is 1. The van der Waals surface area contributed by atoms with E-state index < -0.39 is 12.0 Å². The van der Waals surface area contributed by atoms with Gasteiger partial charge in [-0.3, -0.25) is 4.79 Å². The lowest BCUT2D eigenvalue weighted by atomic mass is 9.94. The van der Waals surface area contributed by atoms with Crippen molar-refractivity contribution in [2.75, 3.05) is 0 Å². The molecule has 0 radical (unpaired) electrons. The summed E-state index contributed by atoms with van der Waals surface area (Å²) in [5, 5.41) is 8.89. The number of hydrogen-bond acceptors (Lipinski definition) is 3. The zero-order valence-corrected chi connectivity index (χ0v) is 7.16. The van der Waals surface area contributed by atoms with Gasteiger partial charge >= 0.3 is 5.97 Å². The van der Waals surface area contributed by atoms with Crippen LogP contribution in [-0.2, 0) is 4.79 Å². The van der Waals surface area contributed by atoms with Gasteiger partial charge in [0.15, 0.2) is 0 Å². The Labute approximate surface area is 76.3 Å². The predicted molar refractivity (Wildman–Crippen MR) is 47.6 cm³/mol. The molecule has 0 saturated carbocycles. The van der Waals surface area contributed by atoms with Gasteiger partial charge in [0.1, 0.15) is 6.04 Å². The summed E-state index contributed by atoms with van der Waals surface area (Å²) in [6.07, 6.45) is 7.80. The van der Waals surface area contributed by atoms with Crippen molar-refractivity contribution in [2.24, 2.45) is 5.92 Å². The van der Waals surface area contributed by atoms with Crippen LogP contribution in [0.15, 0.2) is 23.9 Å². The quantitative estimate of drug-likeness (QED) is 0.546. The monoisotopic (exact) mass is 180 g/mol. The second-order valence-electron chi connectivity index (χ2n) is 3.32. The number of hydrogen-bond donors (Lipinski definition) is 3. The van der Waals surface area contributed by atoms with E-state index in [0.29, 0.717) is 0 Å². The van der Waals surface area contributed by atoms with Crippen LogP contribution in [0.25, 0.3) is 0 Å². The van der Waals surface area contributed by atoms with Crippen molar-refractivity contribution >= 4 is 5.97 Å². The van der Waals surface area contributed by atoms with Crippen molar-refractivity contribution in [1.82, 2.24) is 10.9 Å². The van der Waals surface area contributed by atoms with Crippen LogP contribution in [0.5, 0.6) is 0 Å². The normalized spacial score (nSPS) is 31.5. The number of allylic oxidation sites excluding steroid dienone is 3. The first kappa shape index (κ1) is 8.31. The van der Waals surface area contributed by atoms with Crippen molar-refractivity contribution in [2.45, 2.75) is 18.9 Å². The highest BCUT2D eigenvalue weighted by Gasteiger charge is 2.35. The molecule has 0 aromatic rings. The number of carboxylic acid groups (broad SMARTS) is 1. The average molecular weight is 180 g/mol. The topological polar surface area (TPSA) is 61.4 Å². The Morgan fingerprint density at radius 2 is 2.46 bits per heavy atom. The Hall–Kier alpha value is -1.29. The highest BCUT2D eigenvalue weighted by molar-refractivity contribution is 5.75. The molecule has 4 nitrogen and oxygen atoms in total. The number of carbonyl (C=O) groups is 1. The highest BCUT2D eigenvalue weighted by atomic mass is 16.4. The van der Waals surface area contributed by atoms with Crippen LogP contribution in [-0.4, -0.2) is 17.1 Å². The second-order valence-corrected chi connectivity index (χ2v) is 3.32. The Kier molecular flexibility index (Phi) is 2.06. The van der Waals surface area contributed by atoms with Gasteiger partial charge in [-0.05, 0) is 18.9 Å². The van der Waals surface area contributed by atoms with E-state index in [0.717, 1.165) is 18.5 Å². The Bertz CT molecular complexity index is 283. The van der Waals surface area contributed by atoms with E-state index in [-0.39, 0.29) is 5.92 Å². The molecule has 1 aliphatic heterocycles. The molecular formula is C9H12N2O2. The summed E-state index contributed by atoms with van der Waals surface area (Å²) in [4.78, 5) is 10.8. The molecule has 0 amide bonds. The van der Waals surface area contributed by atoms with Gasteiger partial charge in [0.05, 0.1) is 0 Å². The molecule has 2 unspecified atom stereocenters. The van der Waals surface area contributed by atoms with Crippen LogP contribution in [0.4, 0.5) is 0 Å².